The van der Waals surface area contributed by atoms with Crippen molar-refractivity contribution in [2.75, 3.05) is 20.1 Å². The van der Waals surface area contributed by atoms with Gasteiger partial charge in [-0.3, -0.25) is 0 Å². The molecule has 0 radical (unpaired) electrons. The molecule has 1 heterocycles. The summed E-state index contributed by atoms with van der Waals surface area (Å²) in [7, 11) is 2.23. The van der Waals surface area contributed by atoms with Crippen LogP contribution >= 0.6 is 0 Å². The summed E-state index contributed by atoms with van der Waals surface area (Å²) in [5, 5.41) is 0. The van der Waals surface area contributed by atoms with Gasteiger partial charge in [0.1, 0.15) is 0 Å². The molecule has 0 aliphatic carbocycles. The van der Waals surface area contributed by atoms with Crippen molar-refractivity contribution in [2.45, 2.75) is 25.3 Å². The molecular weight excluding hydrogens is 196 g/mol. The van der Waals surface area contributed by atoms with E-state index < -0.39 is 0 Å². The highest BCUT2D eigenvalue weighted by Crippen LogP contribution is 2.24. The van der Waals surface area contributed by atoms with E-state index in [2.05, 4.69) is 42.3 Å². The molecular formula is C14H22N2. The van der Waals surface area contributed by atoms with Gasteiger partial charge in [-0.2, -0.15) is 0 Å². The monoisotopic (exact) mass is 218 g/mol. The van der Waals surface area contributed by atoms with Crippen LogP contribution in [0.3, 0.4) is 0 Å². The number of likely N-dealkylation sites (tertiary alicyclic amines) is 1. The Morgan fingerprint density at radius 2 is 2.06 bits per heavy atom. The second-order valence-corrected chi connectivity index (χ2v) is 4.88. The maximum Gasteiger partial charge on any atom is 0.0173 e. The van der Waals surface area contributed by atoms with Gasteiger partial charge < -0.3 is 10.6 Å². The SMILES string of the molecule is CN1CCC[C@H](CN)[C@H]1Cc1ccccc1. The number of piperidine rings is 1. The lowest BCUT2D eigenvalue weighted by atomic mass is 9.86. The summed E-state index contributed by atoms with van der Waals surface area (Å²) in [6.07, 6.45) is 3.72. The van der Waals surface area contributed by atoms with Crippen LogP contribution in [0, 0.1) is 5.92 Å². The van der Waals surface area contributed by atoms with Crippen molar-refractivity contribution in [2.24, 2.45) is 11.7 Å². The van der Waals surface area contributed by atoms with Gasteiger partial charge in [-0.1, -0.05) is 30.3 Å². The van der Waals surface area contributed by atoms with Crippen LogP contribution < -0.4 is 5.73 Å². The first kappa shape index (κ1) is 11.6. The Kier molecular flexibility index (Phi) is 3.97. The highest BCUT2D eigenvalue weighted by atomic mass is 15.1. The zero-order valence-electron chi connectivity index (χ0n) is 10.1. The largest absolute Gasteiger partial charge is 0.330 e. The van der Waals surface area contributed by atoms with E-state index >= 15 is 0 Å². The van der Waals surface area contributed by atoms with Crippen LogP contribution in [-0.2, 0) is 6.42 Å². The van der Waals surface area contributed by atoms with E-state index in [0.717, 1.165) is 13.0 Å². The van der Waals surface area contributed by atoms with Crippen molar-refractivity contribution in [3.63, 3.8) is 0 Å². The number of likely N-dealkylation sites (N-methyl/N-ethyl adjacent to an activating group) is 1. The van der Waals surface area contributed by atoms with Crippen LogP contribution in [-0.4, -0.2) is 31.1 Å². The van der Waals surface area contributed by atoms with Gasteiger partial charge in [0.15, 0.2) is 0 Å². The lowest BCUT2D eigenvalue weighted by Gasteiger charge is -2.39. The zero-order valence-corrected chi connectivity index (χ0v) is 10.1. The number of nitrogens with two attached hydrogens (primary N) is 1. The molecule has 0 saturated carbocycles. The summed E-state index contributed by atoms with van der Waals surface area (Å²) in [6, 6.07) is 11.4. The molecule has 1 aromatic carbocycles. The molecule has 0 unspecified atom stereocenters. The van der Waals surface area contributed by atoms with Crippen molar-refractivity contribution < 1.29 is 0 Å². The quantitative estimate of drug-likeness (QED) is 0.839. The summed E-state index contributed by atoms with van der Waals surface area (Å²) >= 11 is 0. The van der Waals surface area contributed by atoms with Gasteiger partial charge in [-0.05, 0) is 50.9 Å². The lowest BCUT2D eigenvalue weighted by Crippen LogP contribution is -2.46. The molecule has 0 spiro atoms. The van der Waals surface area contributed by atoms with Crippen molar-refractivity contribution >= 4 is 0 Å². The minimum absolute atomic E-state index is 0.626. The van der Waals surface area contributed by atoms with E-state index in [9.17, 15) is 0 Å². The number of rotatable bonds is 3. The second kappa shape index (κ2) is 5.46. The van der Waals surface area contributed by atoms with E-state index in [1.54, 1.807) is 0 Å². The van der Waals surface area contributed by atoms with Crippen LogP contribution in [0.15, 0.2) is 30.3 Å². The van der Waals surface area contributed by atoms with Crippen LogP contribution in [0.25, 0.3) is 0 Å². The summed E-state index contributed by atoms with van der Waals surface area (Å²) in [6.45, 7) is 2.04. The number of benzene rings is 1. The Bertz CT molecular complexity index is 310. The molecule has 2 atom stereocenters. The van der Waals surface area contributed by atoms with Gasteiger partial charge >= 0.3 is 0 Å². The van der Waals surface area contributed by atoms with Gasteiger partial charge in [-0.15, -0.1) is 0 Å². The average molecular weight is 218 g/mol. The number of hydrogen-bond acceptors (Lipinski definition) is 2. The van der Waals surface area contributed by atoms with Crippen molar-refractivity contribution in [3.8, 4) is 0 Å². The summed E-state index contributed by atoms with van der Waals surface area (Å²) in [5.74, 6) is 0.666. The molecule has 2 heteroatoms. The number of hydrogen-bond donors (Lipinski definition) is 1. The normalized spacial score (nSPS) is 26.9. The van der Waals surface area contributed by atoms with Crippen LogP contribution in [0.2, 0.25) is 0 Å². The molecule has 1 aromatic rings. The lowest BCUT2D eigenvalue weighted by molar-refractivity contribution is 0.124. The van der Waals surface area contributed by atoms with Crippen LogP contribution in [0.4, 0.5) is 0 Å². The van der Waals surface area contributed by atoms with Crippen molar-refractivity contribution in [1.29, 1.82) is 0 Å². The fourth-order valence-corrected chi connectivity index (χ4v) is 2.77. The Morgan fingerprint density at radius 3 is 2.75 bits per heavy atom. The first-order chi connectivity index (χ1) is 7.81. The number of nitrogens with zero attached hydrogens (tertiary/aromatic N) is 1. The van der Waals surface area contributed by atoms with Crippen molar-refractivity contribution in [1.82, 2.24) is 4.90 Å². The van der Waals surface area contributed by atoms with Gasteiger partial charge in [0.05, 0.1) is 0 Å². The molecule has 1 aliphatic rings. The Balaban J connectivity index is 2.05. The van der Waals surface area contributed by atoms with Crippen LogP contribution in [0.5, 0.6) is 0 Å². The van der Waals surface area contributed by atoms with Gasteiger partial charge in [0.25, 0.3) is 0 Å². The smallest absolute Gasteiger partial charge is 0.0173 e. The minimum atomic E-state index is 0.626. The Hall–Kier alpha value is -0.860. The summed E-state index contributed by atoms with van der Waals surface area (Å²) in [5.41, 5.74) is 7.31. The summed E-state index contributed by atoms with van der Waals surface area (Å²) < 4.78 is 0. The third kappa shape index (κ3) is 2.63. The third-order valence-electron chi connectivity index (χ3n) is 3.79. The third-order valence-corrected chi connectivity index (χ3v) is 3.79. The molecule has 0 amide bonds. The molecule has 1 aliphatic heterocycles. The van der Waals surface area contributed by atoms with Gasteiger partial charge in [-0.25, -0.2) is 0 Å². The molecule has 1 fully saturated rings. The maximum atomic E-state index is 5.88. The Labute approximate surface area is 98.4 Å². The van der Waals surface area contributed by atoms with E-state index in [1.807, 2.05) is 0 Å². The first-order valence-corrected chi connectivity index (χ1v) is 6.25. The zero-order chi connectivity index (χ0) is 11.4. The molecule has 2 N–H and O–H groups in total. The fourth-order valence-electron chi connectivity index (χ4n) is 2.77. The predicted molar refractivity (Wildman–Crippen MR) is 68.3 cm³/mol. The Morgan fingerprint density at radius 1 is 1.31 bits per heavy atom. The van der Waals surface area contributed by atoms with E-state index in [0.29, 0.717) is 12.0 Å². The average Bonchev–Trinajstić information content (AvgIpc) is 2.33. The molecule has 0 bridgehead atoms. The molecule has 88 valence electrons. The van der Waals surface area contributed by atoms with Gasteiger partial charge in [0, 0.05) is 6.04 Å². The topological polar surface area (TPSA) is 29.3 Å². The van der Waals surface area contributed by atoms with E-state index in [1.165, 1.54) is 24.9 Å². The standard InChI is InChI=1S/C14H22N2/c1-16-9-5-8-13(11-15)14(16)10-12-6-3-2-4-7-12/h2-4,6-7,13-14H,5,8-11,15H2,1H3/t13-,14-/m1/s1. The molecule has 2 rings (SSSR count). The molecule has 2 nitrogen and oxygen atoms in total. The van der Waals surface area contributed by atoms with Gasteiger partial charge in [0.2, 0.25) is 0 Å². The predicted octanol–water partition coefficient (Wildman–Crippen LogP) is 1.90. The second-order valence-electron chi connectivity index (χ2n) is 4.88. The fraction of sp³-hybridized carbons (Fsp3) is 0.571. The van der Waals surface area contributed by atoms with Crippen LogP contribution in [0.1, 0.15) is 18.4 Å². The first-order valence-electron chi connectivity index (χ1n) is 6.25. The molecule has 1 saturated heterocycles. The van der Waals surface area contributed by atoms with E-state index in [-0.39, 0.29) is 0 Å². The minimum Gasteiger partial charge on any atom is -0.330 e. The maximum absolute atomic E-state index is 5.88. The van der Waals surface area contributed by atoms with Crippen molar-refractivity contribution in [3.05, 3.63) is 35.9 Å². The molecule has 0 aromatic heterocycles. The molecule has 16 heavy (non-hydrogen) atoms. The highest BCUT2D eigenvalue weighted by Gasteiger charge is 2.27. The summed E-state index contributed by atoms with van der Waals surface area (Å²) in [4.78, 5) is 2.48. The van der Waals surface area contributed by atoms with E-state index in [4.69, 9.17) is 5.73 Å². The highest BCUT2D eigenvalue weighted by molar-refractivity contribution is 5.16.